The molecule has 1 saturated heterocycles. The Morgan fingerprint density at radius 1 is 1.23 bits per heavy atom. The van der Waals surface area contributed by atoms with Crippen molar-refractivity contribution in [2.24, 2.45) is 11.7 Å². The number of carbonyl (C=O) groups excluding carboxylic acids is 1. The van der Waals surface area contributed by atoms with Gasteiger partial charge in [0, 0.05) is 24.0 Å². The standard InChI is InChI=1S/C18H20F3N3OS/c19-18(20,21)14-3-1-13(2-4-14)17-23-15(11-26-17)9-16(25)24-7-5-12(10-22)6-8-24/h1-4,11-12H,5-10,22H2. The molecule has 26 heavy (non-hydrogen) atoms. The van der Waals surface area contributed by atoms with Crippen molar-refractivity contribution < 1.29 is 18.0 Å². The second-order valence-corrected chi connectivity index (χ2v) is 7.31. The summed E-state index contributed by atoms with van der Waals surface area (Å²) in [5.41, 5.74) is 6.24. The molecule has 0 unspecified atom stereocenters. The summed E-state index contributed by atoms with van der Waals surface area (Å²) in [5.74, 6) is 0.523. The molecule has 0 saturated carbocycles. The number of halogens is 3. The average Bonchev–Trinajstić information content (AvgIpc) is 3.09. The molecule has 2 N–H and O–H groups in total. The fourth-order valence-corrected chi connectivity index (χ4v) is 3.83. The van der Waals surface area contributed by atoms with Gasteiger partial charge in [-0.25, -0.2) is 4.98 Å². The van der Waals surface area contributed by atoms with Gasteiger partial charge >= 0.3 is 6.18 Å². The number of piperidine rings is 1. The first-order valence-corrected chi connectivity index (χ1v) is 9.34. The van der Waals surface area contributed by atoms with Crippen LogP contribution in [0.1, 0.15) is 24.1 Å². The van der Waals surface area contributed by atoms with Crippen LogP contribution in [-0.4, -0.2) is 35.4 Å². The van der Waals surface area contributed by atoms with E-state index in [9.17, 15) is 18.0 Å². The third-order valence-corrected chi connectivity index (χ3v) is 5.58. The second-order valence-electron chi connectivity index (χ2n) is 6.46. The van der Waals surface area contributed by atoms with Crippen molar-refractivity contribution >= 4 is 17.2 Å². The molecule has 4 nitrogen and oxygen atoms in total. The van der Waals surface area contributed by atoms with E-state index < -0.39 is 11.7 Å². The molecule has 2 aromatic rings. The van der Waals surface area contributed by atoms with Crippen LogP contribution in [0.2, 0.25) is 0 Å². The minimum Gasteiger partial charge on any atom is -0.342 e. The van der Waals surface area contributed by atoms with Crippen LogP contribution < -0.4 is 5.73 Å². The third-order valence-electron chi connectivity index (χ3n) is 4.64. The molecular weight excluding hydrogens is 363 g/mol. The van der Waals surface area contributed by atoms with Crippen molar-refractivity contribution in [3.05, 3.63) is 40.9 Å². The van der Waals surface area contributed by atoms with E-state index in [4.69, 9.17) is 5.73 Å². The Balaban J connectivity index is 1.62. The molecule has 2 heterocycles. The number of alkyl halides is 3. The minimum absolute atomic E-state index is 0.0322. The summed E-state index contributed by atoms with van der Waals surface area (Å²) in [7, 11) is 0. The molecule has 0 aliphatic carbocycles. The number of likely N-dealkylation sites (tertiary alicyclic amines) is 1. The van der Waals surface area contributed by atoms with E-state index in [2.05, 4.69) is 4.98 Å². The van der Waals surface area contributed by atoms with E-state index in [1.165, 1.54) is 23.5 Å². The highest BCUT2D eigenvalue weighted by Crippen LogP contribution is 2.31. The zero-order valence-corrected chi connectivity index (χ0v) is 14.9. The van der Waals surface area contributed by atoms with Crippen LogP contribution in [0.3, 0.4) is 0 Å². The number of aromatic nitrogens is 1. The van der Waals surface area contributed by atoms with Gasteiger partial charge < -0.3 is 10.6 Å². The van der Waals surface area contributed by atoms with E-state index in [0.717, 1.165) is 38.1 Å². The Labute approximate surface area is 153 Å². The summed E-state index contributed by atoms with van der Waals surface area (Å²) in [6.07, 6.45) is -2.28. The lowest BCUT2D eigenvalue weighted by molar-refractivity contribution is -0.137. The van der Waals surface area contributed by atoms with Gasteiger partial charge in [0.2, 0.25) is 5.91 Å². The van der Waals surface area contributed by atoms with Gasteiger partial charge in [-0.3, -0.25) is 4.79 Å². The van der Waals surface area contributed by atoms with Crippen LogP contribution in [0.4, 0.5) is 13.2 Å². The Morgan fingerprint density at radius 2 is 1.88 bits per heavy atom. The van der Waals surface area contributed by atoms with Crippen LogP contribution in [0, 0.1) is 5.92 Å². The number of carbonyl (C=O) groups is 1. The van der Waals surface area contributed by atoms with Crippen LogP contribution >= 0.6 is 11.3 Å². The minimum atomic E-state index is -4.35. The monoisotopic (exact) mass is 383 g/mol. The molecule has 0 atom stereocenters. The number of nitrogens with zero attached hydrogens (tertiary/aromatic N) is 2. The van der Waals surface area contributed by atoms with Gasteiger partial charge in [-0.15, -0.1) is 11.3 Å². The van der Waals surface area contributed by atoms with E-state index >= 15 is 0 Å². The second kappa shape index (κ2) is 7.75. The molecule has 1 amide bonds. The molecule has 1 aromatic heterocycles. The van der Waals surface area contributed by atoms with Crippen LogP contribution in [0.25, 0.3) is 10.6 Å². The molecular formula is C18H20F3N3OS. The third kappa shape index (κ3) is 4.42. The van der Waals surface area contributed by atoms with Crippen molar-refractivity contribution in [3.63, 3.8) is 0 Å². The van der Waals surface area contributed by atoms with E-state index in [1.54, 1.807) is 5.38 Å². The molecule has 1 fully saturated rings. The van der Waals surface area contributed by atoms with Crippen LogP contribution in [0.5, 0.6) is 0 Å². The van der Waals surface area contributed by atoms with Crippen molar-refractivity contribution in [2.45, 2.75) is 25.4 Å². The molecule has 0 radical (unpaired) electrons. The Morgan fingerprint density at radius 3 is 2.46 bits per heavy atom. The fourth-order valence-electron chi connectivity index (χ4n) is 3.01. The molecule has 3 rings (SSSR count). The first kappa shape index (κ1) is 18.8. The molecule has 0 spiro atoms. The number of amides is 1. The zero-order valence-electron chi connectivity index (χ0n) is 14.1. The van der Waals surface area contributed by atoms with Gasteiger partial charge in [-0.1, -0.05) is 12.1 Å². The lowest BCUT2D eigenvalue weighted by Crippen LogP contribution is -2.40. The molecule has 1 aromatic carbocycles. The fraction of sp³-hybridized carbons (Fsp3) is 0.444. The summed E-state index contributed by atoms with van der Waals surface area (Å²) in [6, 6.07) is 4.90. The number of hydrogen-bond donors (Lipinski definition) is 1. The highest BCUT2D eigenvalue weighted by molar-refractivity contribution is 7.13. The highest BCUT2D eigenvalue weighted by atomic mass is 32.1. The largest absolute Gasteiger partial charge is 0.416 e. The lowest BCUT2D eigenvalue weighted by Gasteiger charge is -2.31. The predicted octanol–water partition coefficient (Wildman–Crippen LogP) is 3.57. The van der Waals surface area contributed by atoms with E-state index in [1.807, 2.05) is 4.90 Å². The van der Waals surface area contributed by atoms with Crippen LogP contribution in [-0.2, 0) is 17.4 Å². The average molecular weight is 383 g/mol. The van der Waals surface area contributed by atoms with Crippen molar-refractivity contribution in [3.8, 4) is 10.6 Å². The van der Waals surface area contributed by atoms with Crippen molar-refractivity contribution in [1.82, 2.24) is 9.88 Å². The maximum atomic E-state index is 12.6. The molecule has 8 heteroatoms. The van der Waals surface area contributed by atoms with Gasteiger partial charge in [0.05, 0.1) is 17.7 Å². The predicted molar refractivity (Wildman–Crippen MR) is 94.6 cm³/mol. The van der Waals surface area contributed by atoms with Crippen LogP contribution in [0.15, 0.2) is 29.6 Å². The number of rotatable bonds is 4. The molecule has 1 aliphatic heterocycles. The Hall–Kier alpha value is -1.93. The summed E-state index contributed by atoms with van der Waals surface area (Å²) >= 11 is 1.33. The summed E-state index contributed by atoms with van der Waals surface area (Å²) in [6.45, 7) is 2.10. The first-order chi connectivity index (χ1) is 12.4. The summed E-state index contributed by atoms with van der Waals surface area (Å²) < 4.78 is 37.9. The smallest absolute Gasteiger partial charge is 0.342 e. The number of hydrogen-bond acceptors (Lipinski definition) is 4. The van der Waals surface area contributed by atoms with Gasteiger partial charge in [-0.05, 0) is 37.4 Å². The quantitative estimate of drug-likeness (QED) is 0.878. The maximum absolute atomic E-state index is 12.6. The van der Waals surface area contributed by atoms with Crippen molar-refractivity contribution in [1.29, 1.82) is 0 Å². The van der Waals surface area contributed by atoms with E-state index in [0.29, 0.717) is 28.7 Å². The first-order valence-electron chi connectivity index (χ1n) is 8.46. The number of nitrogens with two attached hydrogens (primary N) is 1. The normalized spacial score (nSPS) is 16.1. The van der Waals surface area contributed by atoms with Gasteiger partial charge in [0.1, 0.15) is 5.01 Å². The molecule has 140 valence electrons. The molecule has 1 aliphatic rings. The van der Waals surface area contributed by atoms with Gasteiger partial charge in [0.15, 0.2) is 0 Å². The van der Waals surface area contributed by atoms with Gasteiger partial charge in [0.25, 0.3) is 0 Å². The highest BCUT2D eigenvalue weighted by Gasteiger charge is 2.30. The molecule has 0 bridgehead atoms. The SMILES string of the molecule is NCC1CCN(C(=O)Cc2csc(-c3ccc(C(F)(F)F)cc3)n2)CC1. The van der Waals surface area contributed by atoms with Gasteiger partial charge in [-0.2, -0.15) is 13.2 Å². The topological polar surface area (TPSA) is 59.2 Å². The Kier molecular flexibility index (Phi) is 5.62. The van der Waals surface area contributed by atoms with E-state index in [-0.39, 0.29) is 12.3 Å². The Bertz CT molecular complexity index is 750. The maximum Gasteiger partial charge on any atom is 0.416 e. The number of thiazole rings is 1. The summed E-state index contributed by atoms with van der Waals surface area (Å²) in [5, 5.41) is 2.40. The zero-order chi connectivity index (χ0) is 18.7. The van der Waals surface area contributed by atoms with Crippen molar-refractivity contribution in [2.75, 3.05) is 19.6 Å². The summed E-state index contributed by atoms with van der Waals surface area (Å²) in [4.78, 5) is 18.6. The lowest BCUT2D eigenvalue weighted by atomic mass is 9.97. The number of benzene rings is 1.